The van der Waals surface area contributed by atoms with Gasteiger partial charge in [-0.15, -0.1) is 0 Å². The van der Waals surface area contributed by atoms with Gasteiger partial charge in [0.1, 0.15) is 0 Å². The topological polar surface area (TPSA) is 15.3 Å². The fraction of sp³-hybridized carbons (Fsp3) is 0.647. The minimum atomic E-state index is 0.574. The first kappa shape index (κ1) is 17.5. The first-order valence-electron chi connectivity index (χ1n) is 7.67. The van der Waals surface area contributed by atoms with Crippen LogP contribution in [0.5, 0.6) is 0 Å². The number of halogens is 1. The maximum atomic E-state index is 3.59. The summed E-state index contributed by atoms with van der Waals surface area (Å²) in [5.41, 5.74) is 2.70. The van der Waals surface area contributed by atoms with Gasteiger partial charge in [0.05, 0.1) is 0 Å². The molecule has 1 rings (SSSR count). The lowest BCUT2D eigenvalue weighted by atomic mass is 10.1. The van der Waals surface area contributed by atoms with Crippen molar-refractivity contribution in [3.63, 3.8) is 0 Å². The van der Waals surface area contributed by atoms with Crippen molar-refractivity contribution in [3.8, 4) is 0 Å². The highest BCUT2D eigenvalue weighted by atomic mass is 79.9. The zero-order chi connectivity index (χ0) is 15.1. The molecule has 0 fully saturated rings. The van der Waals surface area contributed by atoms with E-state index < -0.39 is 0 Å². The minimum Gasteiger partial charge on any atom is -0.372 e. The van der Waals surface area contributed by atoms with Crippen LogP contribution in [0.2, 0.25) is 0 Å². The molecule has 1 aromatic carbocycles. The quantitative estimate of drug-likeness (QED) is 0.729. The standard InChI is InChI=1S/C17H29BrN2/c1-6-7-14(4)20(5)17-9-8-16(18)10-15(17)12-19-11-13(2)3/h8-10,13-14,19H,6-7,11-12H2,1-5H3. The van der Waals surface area contributed by atoms with Crippen LogP contribution in [0.15, 0.2) is 22.7 Å². The Bertz CT molecular complexity index is 404. The third kappa shape index (κ3) is 5.45. The lowest BCUT2D eigenvalue weighted by Crippen LogP contribution is -2.30. The number of rotatable bonds is 8. The molecule has 2 nitrogen and oxygen atoms in total. The SMILES string of the molecule is CCCC(C)N(C)c1ccc(Br)cc1CNCC(C)C. The van der Waals surface area contributed by atoms with Gasteiger partial charge in [-0.25, -0.2) is 0 Å². The van der Waals surface area contributed by atoms with Crippen molar-refractivity contribution in [1.29, 1.82) is 0 Å². The summed E-state index contributed by atoms with van der Waals surface area (Å²) in [5, 5.41) is 3.55. The molecule has 1 unspecified atom stereocenters. The van der Waals surface area contributed by atoms with Crippen molar-refractivity contribution >= 4 is 21.6 Å². The van der Waals surface area contributed by atoms with Crippen molar-refractivity contribution in [2.45, 2.75) is 53.1 Å². The van der Waals surface area contributed by atoms with E-state index in [1.54, 1.807) is 0 Å². The summed E-state index contributed by atoms with van der Waals surface area (Å²) in [6.45, 7) is 11.0. The largest absolute Gasteiger partial charge is 0.372 e. The summed E-state index contributed by atoms with van der Waals surface area (Å²) < 4.78 is 1.15. The molecule has 0 saturated heterocycles. The predicted molar refractivity (Wildman–Crippen MR) is 93.5 cm³/mol. The molecule has 0 aliphatic carbocycles. The van der Waals surface area contributed by atoms with Crippen molar-refractivity contribution in [2.24, 2.45) is 5.92 Å². The van der Waals surface area contributed by atoms with Crippen LogP contribution in [0.25, 0.3) is 0 Å². The molecule has 0 aliphatic rings. The van der Waals surface area contributed by atoms with Crippen molar-refractivity contribution in [1.82, 2.24) is 5.32 Å². The Morgan fingerprint density at radius 3 is 2.55 bits per heavy atom. The fourth-order valence-corrected chi connectivity index (χ4v) is 2.79. The van der Waals surface area contributed by atoms with Gasteiger partial charge in [0.2, 0.25) is 0 Å². The molecule has 114 valence electrons. The summed E-state index contributed by atoms with van der Waals surface area (Å²) >= 11 is 3.59. The van der Waals surface area contributed by atoms with Gasteiger partial charge in [0.25, 0.3) is 0 Å². The highest BCUT2D eigenvalue weighted by molar-refractivity contribution is 9.10. The van der Waals surface area contributed by atoms with E-state index in [0.717, 1.165) is 17.6 Å². The molecule has 0 spiro atoms. The number of benzene rings is 1. The zero-order valence-corrected chi connectivity index (χ0v) is 15.1. The molecule has 3 heteroatoms. The van der Waals surface area contributed by atoms with Gasteiger partial charge in [-0.05, 0) is 49.6 Å². The highest BCUT2D eigenvalue weighted by Gasteiger charge is 2.13. The predicted octanol–water partition coefficient (Wildman–Crippen LogP) is 4.82. The van der Waals surface area contributed by atoms with Crippen LogP contribution < -0.4 is 10.2 Å². The van der Waals surface area contributed by atoms with Gasteiger partial charge in [0.15, 0.2) is 0 Å². The van der Waals surface area contributed by atoms with E-state index in [1.165, 1.54) is 24.1 Å². The average Bonchev–Trinajstić information content (AvgIpc) is 2.38. The monoisotopic (exact) mass is 340 g/mol. The van der Waals surface area contributed by atoms with Crippen LogP contribution in [-0.2, 0) is 6.54 Å². The van der Waals surface area contributed by atoms with Crippen molar-refractivity contribution in [3.05, 3.63) is 28.2 Å². The third-order valence-electron chi connectivity index (χ3n) is 3.66. The molecule has 0 radical (unpaired) electrons. The van der Waals surface area contributed by atoms with Crippen LogP contribution in [0.3, 0.4) is 0 Å². The maximum absolute atomic E-state index is 3.59. The molecule has 0 heterocycles. The normalized spacial score (nSPS) is 12.8. The van der Waals surface area contributed by atoms with Crippen LogP contribution in [-0.4, -0.2) is 19.6 Å². The molecule has 1 aromatic rings. The van der Waals surface area contributed by atoms with Crippen LogP contribution in [0.4, 0.5) is 5.69 Å². The van der Waals surface area contributed by atoms with Crippen LogP contribution in [0.1, 0.15) is 46.1 Å². The number of hydrogen-bond donors (Lipinski definition) is 1. The van der Waals surface area contributed by atoms with E-state index >= 15 is 0 Å². The summed E-state index contributed by atoms with van der Waals surface area (Å²) in [4.78, 5) is 2.41. The Kier molecular flexibility index (Phi) is 7.60. The summed E-state index contributed by atoms with van der Waals surface area (Å²) in [6.07, 6.45) is 2.45. The maximum Gasteiger partial charge on any atom is 0.0412 e. The lowest BCUT2D eigenvalue weighted by Gasteiger charge is -2.29. The average molecular weight is 341 g/mol. The molecule has 0 aromatic heterocycles. The number of nitrogens with one attached hydrogen (secondary N) is 1. The Morgan fingerprint density at radius 2 is 1.95 bits per heavy atom. The highest BCUT2D eigenvalue weighted by Crippen LogP contribution is 2.26. The minimum absolute atomic E-state index is 0.574. The second-order valence-electron chi connectivity index (χ2n) is 6.05. The fourth-order valence-electron chi connectivity index (χ4n) is 2.38. The third-order valence-corrected chi connectivity index (χ3v) is 4.15. The van der Waals surface area contributed by atoms with Gasteiger partial charge < -0.3 is 10.2 Å². The van der Waals surface area contributed by atoms with Gasteiger partial charge in [0, 0.05) is 29.8 Å². The molecule has 20 heavy (non-hydrogen) atoms. The summed E-state index contributed by atoms with van der Waals surface area (Å²) in [6, 6.07) is 7.17. The first-order valence-corrected chi connectivity index (χ1v) is 8.47. The number of nitrogens with zero attached hydrogens (tertiary/aromatic N) is 1. The number of hydrogen-bond acceptors (Lipinski definition) is 2. The molecule has 0 bridgehead atoms. The van der Waals surface area contributed by atoms with Crippen LogP contribution >= 0.6 is 15.9 Å². The van der Waals surface area contributed by atoms with Crippen LogP contribution in [0, 0.1) is 5.92 Å². The lowest BCUT2D eigenvalue weighted by molar-refractivity contribution is 0.550. The molecular formula is C17H29BrN2. The smallest absolute Gasteiger partial charge is 0.0412 e. The Balaban J connectivity index is 2.83. The molecule has 0 aliphatic heterocycles. The molecular weight excluding hydrogens is 312 g/mol. The Morgan fingerprint density at radius 1 is 1.25 bits per heavy atom. The van der Waals surface area contributed by atoms with Gasteiger partial charge in [-0.2, -0.15) is 0 Å². The Labute approximate surface area is 133 Å². The first-order chi connectivity index (χ1) is 9.45. The molecule has 1 N–H and O–H groups in total. The number of anilines is 1. The molecule has 0 saturated carbocycles. The van der Waals surface area contributed by atoms with Crippen molar-refractivity contribution < 1.29 is 0 Å². The molecule has 1 atom stereocenters. The van der Waals surface area contributed by atoms with Gasteiger partial charge >= 0.3 is 0 Å². The second kappa shape index (κ2) is 8.68. The van der Waals surface area contributed by atoms with E-state index in [9.17, 15) is 0 Å². The van der Waals surface area contributed by atoms with Gasteiger partial charge in [-0.3, -0.25) is 0 Å². The second-order valence-corrected chi connectivity index (χ2v) is 6.96. The van der Waals surface area contributed by atoms with E-state index in [1.807, 2.05) is 0 Å². The zero-order valence-electron chi connectivity index (χ0n) is 13.5. The molecule has 0 amide bonds. The van der Waals surface area contributed by atoms with Crippen molar-refractivity contribution in [2.75, 3.05) is 18.5 Å². The Hall–Kier alpha value is -0.540. The van der Waals surface area contributed by atoms with E-state index in [0.29, 0.717) is 12.0 Å². The summed E-state index contributed by atoms with van der Waals surface area (Å²) in [5.74, 6) is 0.683. The van der Waals surface area contributed by atoms with E-state index in [4.69, 9.17) is 0 Å². The summed E-state index contributed by atoms with van der Waals surface area (Å²) in [7, 11) is 2.20. The van der Waals surface area contributed by atoms with E-state index in [-0.39, 0.29) is 0 Å². The van der Waals surface area contributed by atoms with Gasteiger partial charge in [-0.1, -0.05) is 43.1 Å². The van der Waals surface area contributed by atoms with E-state index in [2.05, 4.69) is 79.1 Å².